The van der Waals surface area contributed by atoms with E-state index in [1.165, 1.54) is 30.6 Å². The molecule has 0 bridgehead atoms. The molecule has 0 radical (unpaired) electrons. The Kier molecular flexibility index (Phi) is 10.0. The second-order valence-corrected chi connectivity index (χ2v) is 8.31. The molecule has 0 spiro atoms. The minimum atomic E-state index is 0. The standard InChI is InChI=1S/C22H35N7.HI/c1-5-23-22(25-12-21-26-16-27-28(21)4)24-11-19-6-8-20(9-7-19)15-29-13-17(2)10-18(3)14-29;/h6-9,16-18H,5,10-15H2,1-4H3,(H2,23,24,25);1H. The monoisotopic (exact) mass is 525 g/mol. The molecule has 0 amide bonds. The highest BCUT2D eigenvalue weighted by Gasteiger charge is 2.21. The fraction of sp³-hybridized carbons (Fsp3) is 0.591. The lowest BCUT2D eigenvalue weighted by molar-refractivity contribution is 0.134. The van der Waals surface area contributed by atoms with Crippen molar-refractivity contribution in [1.82, 2.24) is 30.3 Å². The number of benzene rings is 1. The molecule has 30 heavy (non-hydrogen) atoms. The van der Waals surface area contributed by atoms with Gasteiger partial charge < -0.3 is 10.6 Å². The molecule has 1 aromatic heterocycles. The Bertz CT molecular complexity index is 777. The number of aliphatic imine (C=N–C) groups is 1. The lowest BCUT2D eigenvalue weighted by Crippen LogP contribution is -2.38. The zero-order valence-electron chi connectivity index (χ0n) is 18.6. The Balaban J connectivity index is 0.00000320. The fourth-order valence-corrected chi connectivity index (χ4v) is 4.08. The lowest BCUT2D eigenvalue weighted by atomic mass is 9.91. The van der Waals surface area contributed by atoms with Gasteiger partial charge in [0.25, 0.3) is 0 Å². The van der Waals surface area contributed by atoms with Gasteiger partial charge in [0.15, 0.2) is 5.96 Å². The van der Waals surface area contributed by atoms with E-state index >= 15 is 0 Å². The van der Waals surface area contributed by atoms with Gasteiger partial charge in [-0.25, -0.2) is 9.98 Å². The topological polar surface area (TPSA) is 70.4 Å². The normalized spacial score (nSPS) is 19.9. The highest BCUT2D eigenvalue weighted by molar-refractivity contribution is 14.0. The molecule has 2 atom stereocenters. The number of nitrogens with zero attached hydrogens (tertiary/aromatic N) is 5. The summed E-state index contributed by atoms with van der Waals surface area (Å²) < 4.78 is 1.76. The number of rotatable bonds is 7. The molecule has 0 saturated carbocycles. The first-order chi connectivity index (χ1) is 14.0. The summed E-state index contributed by atoms with van der Waals surface area (Å²) in [5.41, 5.74) is 2.59. The summed E-state index contributed by atoms with van der Waals surface area (Å²) in [6.07, 6.45) is 2.92. The van der Waals surface area contributed by atoms with Crippen molar-refractivity contribution in [1.29, 1.82) is 0 Å². The van der Waals surface area contributed by atoms with Gasteiger partial charge in [0, 0.05) is 33.2 Å². The average molecular weight is 525 g/mol. The number of guanidine groups is 1. The van der Waals surface area contributed by atoms with Crippen molar-refractivity contribution in [2.24, 2.45) is 23.9 Å². The molecule has 3 rings (SSSR count). The summed E-state index contributed by atoms with van der Waals surface area (Å²) in [5.74, 6) is 3.26. The van der Waals surface area contributed by atoms with Crippen molar-refractivity contribution < 1.29 is 0 Å². The Labute approximate surface area is 197 Å². The number of piperidine rings is 1. The van der Waals surface area contributed by atoms with E-state index in [4.69, 9.17) is 4.99 Å². The molecule has 2 unspecified atom stereocenters. The maximum Gasteiger partial charge on any atom is 0.191 e. The summed E-state index contributed by atoms with van der Waals surface area (Å²) in [7, 11) is 1.89. The van der Waals surface area contributed by atoms with Crippen molar-refractivity contribution >= 4 is 29.9 Å². The zero-order chi connectivity index (χ0) is 20.6. The summed E-state index contributed by atoms with van der Waals surface area (Å²) in [6.45, 7) is 12.3. The molecule has 2 heterocycles. The third kappa shape index (κ3) is 7.54. The fourth-order valence-electron chi connectivity index (χ4n) is 4.08. The molecule has 1 aliphatic rings. The molecule has 1 saturated heterocycles. The Morgan fingerprint density at radius 3 is 2.37 bits per heavy atom. The molecule has 2 N–H and O–H groups in total. The molecular weight excluding hydrogens is 489 g/mol. The second kappa shape index (κ2) is 12.2. The number of likely N-dealkylation sites (tertiary alicyclic amines) is 1. The molecule has 1 fully saturated rings. The van der Waals surface area contributed by atoms with Crippen LogP contribution in [0.4, 0.5) is 0 Å². The minimum absolute atomic E-state index is 0. The van der Waals surface area contributed by atoms with Gasteiger partial charge >= 0.3 is 0 Å². The first-order valence-electron chi connectivity index (χ1n) is 10.7. The highest BCUT2D eigenvalue weighted by atomic mass is 127. The van der Waals surface area contributed by atoms with Crippen LogP contribution in [0.2, 0.25) is 0 Å². The molecule has 166 valence electrons. The van der Waals surface area contributed by atoms with Gasteiger partial charge in [0.1, 0.15) is 12.2 Å². The maximum atomic E-state index is 4.70. The summed E-state index contributed by atoms with van der Waals surface area (Å²) in [4.78, 5) is 11.5. The zero-order valence-corrected chi connectivity index (χ0v) is 21.0. The van der Waals surface area contributed by atoms with Gasteiger partial charge in [-0.3, -0.25) is 9.58 Å². The molecule has 0 aliphatic carbocycles. The van der Waals surface area contributed by atoms with Crippen LogP contribution in [0.25, 0.3) is 0 Å². The highest BCUT2D eigenvalue weighted by Crippen LogP contribution is 2.22. The van der Waals surface area contributed by atoms with Crippen molar-refractivity contribution in [3.8, 4) is 0 Å². The minimum Gasteiger partial charge on any atom is -0.357 e. The Morgan fingerprint density at radius 2 is 1.77 bits per heavy atom. The van der Waals surface area contributed by atoms with Crippen LogP contribution < -0.4 is 10.6 Å². The second-order valence-electron chi connectivity index (χ2n) is 8.31. The predicted octanol–water partition coefficient (Wildman–Crippen LogP) is 3.17. The van der Waals surface area contributed by atoms with E-state index in [-0.39, 0.29) is 24.0 Å². The van der Waals surface area contributed by atoms with E-state index in [9.17, 15) is 0 Å². The first-order valence-corrected chi connectivity index (χ1v) is 10.7. The molecule has 1 aliphatic heterocycles. The maximum absolute atomic E-state index is 4.70. The molecule has 2 aromatic rings. The first kappa shape index (κ1) is 24.6. The average Bonchev–Trinajstić information content (AvgIpc) is 3.09. The van der Waals surface area contributed by atoms with Crippen LogP contribution in [0.15, 0.2) is 35.6 Å². The van der Waals surface area contributed by atoms with Gasteiger partial charge in [-0.15, -0.1) is 24.0 Å². The predicted molar refractivity (Wildman–Crippen MR) is 133 cm³/mol. The SMILES string of the molecule is CCNC(=NCc1ccc(CN2CC(C)CC(C)C2)cc1)NCc1ncnn1C.I. The Hall–Kier alpha value is -1.68. The third-order valence-corrected chi connectivity index (χ3v) is 5.36. The summed E-state index contributed by atoms with van der Waals surface area (Å²) in [5, 5.41) is 10.7. The van der Waals surface area contributed by atoms with Crippen molar-refractivity contribution in [2.45, 2.75) is 46.8 Å². The third-order valence-electron chi connectivity index (χ3n) is 5.36. The van der Waals surface area contributed by atoms with Crippen LogP contribution in [-0.4, -0.2) is 45.3 Å². The van der Waals surface area contributed by atoms with Crippen LogP contribution >= 0.6 is 24.0 Å². The van der Waals surface area contributed by atoms with E-state index < -0.39 is 0 Å². The van der Waals surface area contributed by atoms with Gasteiger partial charge in [0.2, 0.25) is 0 Å². The van der Waals surface area contributed by atoms with E-state index in [1.54, 1.807) is 11.0 Å². The number of hydrogen-bond donors (Lipinski definition) is 2. The van der Waals surface area contributed by atoms with Gasteiger partial charge in [0.05, 0.1) is 13.1 Å². The number of halogens is 1. The van der Waals surface area contributed by atoms with Crippen LogP contribution in [0, 0.1) is 11.8 Å². The summed E-state index contributed by atoms with van der Waals surface area (Å²) >= 11 is 0. The largest absolute Gasteiger partial charge is 0.357 e. The van der Waals surface area contributed by atoms with Crippen molar-refractivity contribution in [3.63, 3.8) is 0 Å². The quantitative estimate of drug-likeness (QED) is 0.330. The van der Waals surface area contributed by atoms with Gasteiger partial charge in [-0.2, -0.15) is 5.10 Å². The van der Waals surface area contributed by atoms with Crippen molar-refractivity contribution in [3.05, 3.63) is 47.5 Å². The van der Waals surface area contributed by atoms with Crippen molar-refractivity contribution in [2.75, 3.05) is 19.6 Å². The number of hydrogen-bond acceptors (Lipinski definition) is 4. The molecule has 1 aromatic carbocycles. The van der Waals surface area contributed by atoms with Crippen LogP contribution in [0.1, 0.15) is 44.1 Å². The van der Waals surface area contributed by atoms with Crippen LogP contribution in [-0.2, 0) is 26.7 Å². The number of aryl methyl sites for hydroxylation is 1. The smallest absolute Gasteiger partial charge is 0.191 e. The van der Waals surface area contributed by atoms with Gasteiger partial charge in [-0.05, 0) is 36.3 Å². The molecule has 8 heteroatoms. The van der Waals surface area contributed by atoms with Crippen LogP contribution in [0.3, 0.4) is 0 Å². The lowest BCUT2D eigenvalue weighted by Gasteiger charge is -2.35. The van der Waals surface area contributed by atoms with E-state index in [2.05, 4.69) is 70.7 Å². The summed E-state index contributed by atoms with van der Waals surface area (Å²) in [6, 6.07) is 8.88. The van der Waals surface area contributed by atoms with E-state index in [0.29, 0.717) is 13.1 Å². The Morgan fingerprint density at radius 1 is 1.10 bits per heavy atom. The molecular formula is C22H36IN7. The number of aromatic nitrogens is 3. The molecule has 7 nitrogen and oxygen atoms in total. The van der Waals surface area contributed by atoms with E-state index in [1.807, 2.05) is 7.05 Å². The van der Waals surface area contributed by atoms with E-state index in [0.717, 1.165) is 36.7 Å². The number of nitrogens with one attached hydrogen (secondary N) is 2. The van der Waals surface area contributed by atoms with Crippen LogP contribution in [0.5, 0.6) is 0 Å². The van der Waals surface area contributed by atoms with Gasteiger partial charge in [-0.1, -0.05) is 38.1 Å².